The summed E-state index contributed by atoms with van der Waals surface area (Å²) in [4.78, 5) is 31.9. The lowest BCUT2D eigenvalue weighted by Crippen LogP contribution is -2.44. The highest BCUT2D eigenvalue weighted by Gasteiger charge is 2.25. The molecule has 1 aromatic heterocycles. The molecule has 3 rings (SSSR count). The summed E-state index contributed by atoms with van der Waals surface area (Å²) in [5.41, 5.74) is 1.38. The van der Waals surface area contributed by atoms with Crippen molar-refractivity contribution < 1.29 is 33.3 Å². The maximum atomic E-state index is 13.8. The van der Waals surface area contributed by atoms with Crippen LogP contribution in [0.2, 0.25) is 0 Å². The molecule has 0 aliphatic heterocycles. The Balaban J connectivity index is 1.82. The van der Waals surface area contributed by atoms with Crippen molar-refractivity contribution >= 4 is 23.2 Å². The van der Waals surface area contributed by atoms with Gasteiger partial charge in [0.05, 0.1) is 40.5 Å². The predicted octanol–water partition coefficient (Wildman–Crippen LogP) is 4.53. The van der Waals surface area contributed by atoms with Crippen molar-refractivity contribution in [2.24, 2.45) is 0 Å². The minimum absolute atomic E-state index is 0.0744. The minimum Gasteiger partial charge on any atom is -0.497 e. The summed E-state index contributed by atoms with van der Waals surface area (Å²) in [6.45, 7) is 1.68. The van der Waals surface area contributed by atoms with E-state index in [-0.39, 0.29) is 18.4 Å². The summed E-state index contributed by atoms with van der Waals surface area (Å²) in [6.07, 6.45) is 1.20. The lowest BCUT2D eigenvalue weighted by molar-refractivity contribution is -0.132. The Bertz CT molecular complexity index is 1230. The van der Waals surface area contributed by atoms with Gasteiger partial charge in [0.1, 0.15) is 18.0 Å². The molecule has 2 amide bonds. The molecule has 0 saturated heterocycles. The molecule has 10 heteroatoms. The topological polar surface area (TPSA) is 86.8 Å². The molecule has 0 aliphatic carbocycles. The fourth-order valence-electron chi connectivity index (χ4n) is 4.24. The van der Waals surface area contributed by atoms with E-state index in [9.17, 15) is 9.59 Å². The van der Waals surface area contributed by atoms with Crippen LogP contribution >= 0.6 is 11.3 Å². The first-order valence-electron chi connectivity index (χ1n) is 12.9. The average molecular weight is 571 g/mol. The standard InChI is InChI=1S/C30H38N2O7S/c1-35-16-7-14-32(30(34)25-11-10-23(36-2)19-27(25)38-4)21-29(33)31(20-24-8-6-17-40-24)15-13-22-9-12-26(37-3)28(18-22)39-5/h6,8-12,17-19H,7,13-16,20-21H2,1-5H3. The average Bonchev–Trinajstić information content (AvgIpc) is 3.51. The van der Waals surface area contributed by atoms with Gasteiger partial charge in [0.2, 0.25) is 5.91 Å². The van der Waals surface area contributed by atoms with Crippen molar-refractivity contribution in [3.63, 3.8) is 0 Å². The zero-order valence-electron chi connectivity index (χ0n) is 23.8. The van der Waals surface area contributed by atoms with E-state index in [0.717, 1.165) is 10.4 Å². The van der Waals surface area contributed by atoms with Crippen LogP contribution < -0.4 is 18.9 Å². The van der Waals surface area contributed by atoms with Crippen LogP contribution in [0.5, 0.6) is 23.0 Å². The summed E-state index contributed by atoms with van der Waals surface area (Å²) in [6, 6.07) is 14.7. The first-order valence-corrected chi connectivity index (χ1v) is 13.8. The molecule has 0 unspecified atom stereocenters. The van der Waals surface area contributed by atoms with E-state index in [1.807, 2.05) is 35.7 Å². The Morgan fingerprint density at radius 3 is 2.23 bits per heavy atom. The Morgan fingerprint density at radius 2 is 1.57 bits per heavy atom. The van der Waals surface area contributed by atoms with Gasteiger partial charge in [0, 0.05) is 37.7 Å². The normalized spacial score (nSPS) is 10.6. The van der Waals surface area contributed by atoms with E-state index < -0.39 is 0 Å². The van der Waals surface area contributed by atoms with Crippen LogP contribution in [0.1, 0.15) is 27.2 Å². The summed E-state index contributed by atoms with van der Waals surface area (Å²) < 4.78 is 26.7. The molecule has 0 aliphatic rings. The van der Waals surface area contributed by atoms with Crippen molar-refractivity contribution in [2.45, 2.75) is 19.4 Å². The summed E-state index contributed by atoms with van der Waals surface area (Å²) in [7, 11) is 7.86. The molecule has 9 nitrogen and oxygen atoms in total. The fourth-order valence-corrected chi connectivity index (χ4v) is 4.96. The lowest BCUT2D eigenvalue weighted by atomic mass is 10.1. The maximum absolute atomic E-state index is 13.8. The van der Waals surface area contributed by atoms with Crippen LogP contribution in [-0.4, -0.2) is 83.4 Å². The lowest BCUT2D eigenvalue weighted by Gasteiger charge is -2.28. The third-order valence-electron chi connectivity index (χ3n) is 6.43. The molecular weight excluding hydrogens is 532 g/mol. The number of carbonyl (C=O) groups is 2. The predicted molar refractivity (Wildman–Crippen MR) is 155 cm³/mol. The number of benzene rings is 2. The fraction of sp³-hybridized carbons (Fsp3) is 0.400. The van der Waals surface area contributed by atoms with Crippen LogP contribution in [-0.2, 0) is 22.5 Å². The third kappa shape index (κ3) is 8.37. The first-order chi connectivity index (χ1) is 19.4. The Labute approximate surface area is 240 Å². The molecule has 3 aromatic rings. The van der Waals surface area contributed by atoms with Crippen LogP contribution in [0, 0.1) is 0 Å². The molecule has 0 spiro atoms. The number of amides is 2. The number of rotatable bonds is 16. The molecule has 0 bridgehead atoms. The number of methoxy groups -OCH3 is 5. The second-order valence-corrected chi connectivity index (χ2v) is 10.0. The SMILES string of the molecule is COCCCN(CC(=O)N(CCc1ccc(OC)c(OC)c1)Cc1cccs1)C(=O)c1ccc(OC)cc1OC. The van der Waals surface area contributed by atoms with Gasteiger partial charge in [0.15, 0.2) is 11.5 Å². The quantitative estimate of drug-likeness (QED) is 0.234. The van der Waals surface area contributed by atoms with Gasteiger partial charge in [-0.15, -0.1) is 11.3 Å². The highest BCUT2D eigenvalue weighted by molar-refractivity contribution is 7.09. The molecule has 1 heterocycles. The first kappa shape index (κ1) is 30.8. The Kier molecular flexibility index (Phi) is 12.1. The number of thiophene rings is 1. The van der Waals surface area contributed by atoms with Gasteiger partial charge in [-0.3, -0.25) is 9.59 Å². The van der Waals surface area contributed by atoms with Crippen LogP contribution in [0.4, 0.5) is 0 Å². The van der Waals surface area contributed by atoms with Crippen LogP contribution in [0.15, 0.2) is 53.9 Å². The van der Waals surface area contributed by atoms with E-state index >= 15 is 0 Å². The molecule has 40 heavy (non-hydrogen) atoms. The molecule has 0 radical (unpaired) electrons. The summed E-state index contributed by atoms with van der Waals surface area (Å²) in [5, 5.41) is 1.99. The molecule has 216 valence electrons. The molecule has 0 N–H and O–H groups in total. The van der Waals surface area contributed by atoms with Gasteiger partial charge < -0.3 is 33.5 Å². The van der Waals surface area contributed by atoms with Crippen molar-refractivity contribution in [1.29, 1.82) is 0 Å². The van der Waals surface area contributed by atoms with E-state index in [0.29, 0.717) is 67.6 Å². The number of carbonyl (C=O) groups excluding carboxylic acids is 2. The zero-order valence-corrected chi connectivity index (χ0v) is 24.6. The largest absolute Gasteiger partial charge is 0.497 e. The minimum atomic E-state index is -0.292. The van der Waals surface area contributed by atoms with Crippen LogP contribution in [0.25, 0.3) is 0 Å². The van der Waals surface area contributed by atoms with Crippen molar-refractivity contribution in [1.82, 2.24) is 9.80 Å². The van der Waals surface area contributed by atoms with Crippen LogP contribution in [0.3, 0.4) is 0 Å². The Hall–Kier alpha value is -3.76. The highest BCUT2D eigenvalue weighted by atomic mass is 32.1. The summed E-state index contributed by atoms with van der Waals surface area (Å²) in [5.74, 6) is 1.81. The van der Waals surface area contributed by atoms with Crippen molar-refractivity contribution in [2.75, 3.05) is 61.8 Å². The molecule has 2 aromatic carbocycles. The van der Waals surface area contributed by atoms with E-state index in [1.165, 1.54) is 7.11 Å². The molecular formula is C30H38N2O7S. The second-order valence-electron chi connectivity index (χ2n) is 8.97. The van der Waals surface area contributed by atoms with E-state index in [4.69, 9.17) is 23.7 Å². The number of hydrogen-bond donors (Lipinski definition) is 0. The van der Waals surface area contributed by atoms with Gasteiger partial charge in [0.25, 0.3) is 5.91 Å². The maximum Gasteiger partial charge on any atom is 0.258 e. The highest BCUT2D eigenvalue weighted by Crippen LogP contribution is 2.28. The zero-order chi connectivity index (χ0) is 28.9. The number of hydrogen-bond acceptors (Lipinski definition) is 8. The van der Waals surface area contributed by atoms with Crippen molar-refractivity contribution in [3.05, 3.63) is 69.9 Å². The number of ether oxygens (including phenoxy) is 5. The number of nitrogens with zero attached hydrogens (tertiary/aromatic N) is 2. The molecule has 0 saturated carbocycles. The summed E-state index contributed by atoms with van der Waals surface area (Å²) >= 11 is 1.59. The third-order valence-corrected chi connectivity index (χ3v) is 7.29. The van der Waals surface area contributed by atoms with Crippen molar-refractivity contribution in [3.8, 4) is 23.0 Å². The molecule has 0 fully saturated rings. The van der Waals surface area contributed by atoms with E-state index in [2.05, 4.69) is 0 Å². The second kappa shape index (κ2) is 15.7. The Morgan fingerprint density at radius 1 is 0.800 bits per heavy atom. The van der Waals surface area contributed by atoms with Gasteiger partial charge in [-0.1, -0.05) is 12.1 Å². The van der Waals surface area contributed by atoms with Gasteiger partial charge >= 0.3 is 0 Å². The molecule has 0 atom stereocenters. The van der Waals surface area contributed by atoms with Gasteiger partial charge in [-0.2, -0.15) is 0 Å². The van der Waals surface area contributed by atoms with Gasteiger partial charge in [-0.25, -0.2) is 0 Å². The van der Waals surface area contributed by atoms with Gasteiger partial charge in [-0.05, 0) is 54.1 Å². The van der Waals surface area contributed by atoms with E-state index in [1.54, 1.807) is 67.8 Å². The smallest absolute Gasteiger partial charge is 0.258 e. The monoisotopic (exact) mass is 570 g/mol.